The number of amidine groups is 1. The molecule has 0 aliphatic carbocycles. The zero-order valence-corrected chi connectivity index (χ0v) is 10.5. The van der Waals surface area contributed by atoms with Gasteiger partial charge in [0.1, 0.15) is 6.33 Å². The summed E-state index contributed by atoms with van der Waals surface area (Å²) in [4.78, 5) is 4.45. The van der Waals surface area contributed by atoms with Crippen LogP contribution in [0.2, 0.25) is 0 Å². The van der Waals surface area contributed by atoms with E-state index in [1.54, 1.807) is 6.33 Å². The van der Waals surface area contributed by atoms with Crippen molar-refractivity contribution in [2.75, 3.05) is 6.54 Å². The molecule has 16 heavy (non-hydrogen) atoms. The number of rotatable bonds is 4. The van der Waals surface area contributed by atoms with Crippen molar-refractivity contribution in [2.24, 2.45) is 4.99 Å². The Bertz CT molecular complexity index is 373. The second-order valence-corrected chi connectivity index (χ2v) is 4.97. The highest BCUT2D eigenvalue weighted by Gasteiger charge is 2.17. The summed E-state index contributed by atoms with van der Waals surface area (Å²) in [7, 11) is 0. The minimum Gasteiger partial charge on any atom is -0.358 e. The topological polar surface area (TPSA) is 55.1 Å². The highest BCUT2D eigenvalue weighted by molar-refractivity contribution is 8.14. The molecule has 6 heteroatoms. The Morgan fingerprint density at radius 2 is 2.44 bits per heavy atom. The summed E-state index contributed by atoms with van der Waals surface area (Å²) in [6.45, 7) is 6.83. The molecule has 0 radical (unpaired) electrons. The summed E-state index contributed by atoms with van der Waals surface area (Å²) in [5.74, 6) is 0.964. The zero-order chi connectivity index (χ0) is 11.4. The first-order valence-corrected chi connectivity index (χ1v) is 6.53. The second-order valence-electron chi connectivity index (χ2n) is 3.68. The molecule has 0 aromatic carbocycles. The van der Waals surface area contributed by atoms with Crippen LogP contribution in [0.5, 0.6) is 0 Å². The molecule has 1 aromatic heterocycles. The Balaban J connectivity index is 1.84. The molecule has 5 nitrogen and oxygen atoms in total. The summed E-state index contributed by atoms with van der Waals surface area (Å²) in [5, 5.41) is 13.0. The molecule has 0 fully saturated rings. The van der Waals surface area contributed by atoms with Gasteiger partial charge in [-0.05, 0) is 13.3 Å². The largest absolute Gasteiger partial charge is 0.358 e. The van der Waals surface area contributed by atoms with Gasteiger partial charge in [0.2, 0.25) is 0 Å². The maximum absolute atomic E-state index is 4.45. The third kappa shape index (κ3) is 2.55. The maximum atomic E-state index is 4.45. The molecule has 0 bridgehead atoms. The summed E-state index contributed by atoms with van der Waals surface area (Å²) in [6.07, 6.45) is 2.93. The van der Waals surface area contributed by atoms with Gasteiger partial charge in [-0.3, -0.25) is 4.99 Å². The number of aromatic nitrogens is 3. The van der Waals surface area contributed by atoms with E-state index >= 15 is 0 Å². The number of nitrogens with zero attached hydrogens (tertiary/aromatic N) is 4. The van der Waals surface area contributed by atoms with Crippen molar-refractivity contribution in [1.29, 1.82) is 0 Å². The zero-order valence-electron chi connectivity index (χ0n) is 9.68. The average molecular weight is 239 g/mol. The number of hydrogen-bond donors (Lipinski definition) is 1. The quantitative estimate of drug-likeness (QED) is 0.859. The molecule has 1 unspecified atom stereocenters. The van der Waals surface area contributed by atoms with Crippen LogP contribution in [0.1, 0.15) is 26.1 Å². The van der Waals surface area contributed by atoms with Crippen molar-refractivity contribution in [3.63, 3.8) is 0 Å². The van der Waals surface area contributed by atoms with E-state index in [1.165, 1.54) is 6.42 Å². The van der Waals surface area contributed by atoms with Gasteiger partial charge in [-0.2, -0.15) is 0 Å². The molecule has 0 amide bonds. The lowest BCUT2D eigenvalue weighted by molar-refractivity contribution is 0.680. The van der Waals surface area contributed by atoms with E-state index in [-0.39, 0.29) is 0 Å². The van der Waals surface area contributed by atoms with E-state index in [0.717, 1.165) is 24.1 Å². The van der Waals surface area contributed by atoms with Gasteiger partial charge in [-0.25, -0.2) is 0 Å². The number of nitrogens with one attached hydrogen (secondary N) is 1. The van der Waals surface area contributed by atoms with Crippen LogP contribution in [0.4, 0.5) is 0 Å². The lowest BCUT2D eigenvalue weighted by atomic mass is 10.3. The number of aliphatic imine (C=N–C) groups is 1. The predicted octanol–water partition coefficient (Wildman–Crippen LogP) is 1.27. The molecule has 1 atom stereocenters. The van der Waals surface area contributed by atoms with Crippen LogP contribution < -0.4 is 5.32 Å². The first-order valence-electron chi connectivity index (χ1n) is 5.65. The molecule has 0 spiro atoms. The van der Waals surface area contributed by atoms with Gasteiger partial charge >= 0.3 is 0 Å². The third-order valence-corrected chi connectivity index (χ3v) is 3.92. The normalized spacial score (nSPS) is 19.9. The van der Waals surface area contributed by atoms with Crippen LogP contribution in [-0.4, -0.2) is 31.7 Å². The molecule has 1 aliphatic heterocycles. The monoisotopic (exact) mass is 239 g/mol. The lowest BCUT2D eigenvalue weighted by Gasteiger charge is -2.07. The van der Waals surface area contributed by atoms with E-state index in [2.05, 4.69) is 34.4 Å². The Labute approximate surface area is 99.7 Å². The fourth-order valence-corrected chi connectivity index (χ4v) is 2.50. The van der Waals surface area contributed by atoms with Crippen molar-refractivity contribution in [3.8, 4) is 0 Å². The summed E-state index contributed by atoms with van der Waals surface area (Å²) < 4.78 is 2.03. The molecule has 2 heterocycles. The molecular formula is C10H17N5S. The average Bonchev–Trinajstić information content (AvgIpc) is 2.94. The van der Waals surface area contributed by atoms with Crippen LogP contribution >= 0.6 is 11.8 Å². The van der Waals surface area contributed by atoms with Gasteiger partial charge < -0.3 is 9.88 Å². The Hall–Kier alpha value is -1.04. The van der Waals surface area contributed by atoms with Crippen LogP contribution in [0.25, 0.3) is 0 Å². The first-order chi connectivity index (χ1) is 7.83. The highest BCUT2D eigenvalue weighted by Crippen LogP contribution is 2.21. The van der Waals surface area contributed by atoms with E-state index < -0.39 is 0 Å². The third-order valence-electron chi connectivity index (χ3n) is 2.61. The molecule has 0 saturated carbocycles. The molecule has 1 aliphatic rings. The van der Waals surface area contributed by atoms with E-state index in [1.807, 2.05) is 16.3 Å². The number of hydrogen-bond acceptors (Lipinski definition) is 5. The van der Waals surface area contributed by atoms with E-state index in [9.17, 15) is 0 Å². The molecule has 1 aromatic rings. The van der Waals surface area contributed by atoms with Crippen molar-refractivity contribution in [1.82, 2.24) is 20.1 Å². The lowest BCUT2D eigenvalue weighted by Crippen LogP contribution is -2.21. The van der Waals surface area contributed by atoms with Crippen LogP contribution in [0, 0.1) is 0 Å². The van der Waals surface area contributed by atoms with Crippen molar-refractivity contribution >= 4 is 16.9 Å². The Kier molecular flexibility index (Phi) is 3.82. The molecule has 0 saturated heterocycles. The fourth-order valence-electron chi connectivity index (χ4n) is 1.56. The van der Waals surface area contributed by atoms with E-state index in [0.29, 0.717) is 11.8 Å². The summed E-state index contributed by atoms with van der Waals surface area (Å²) in [6, 6.07) is 0. The second kappa shape index (κ2) is 5.34. The minimum atomic E-state index is 0.645. The van der Waals surface area contributed by atoms with Crippen LogP contribution in [0.3, 0.4) is 0 Å². The standard InChI is InChI=1S/C10H17N5S/c1-3-8-5-11-10(16-8)12-6-9-14-13-7-15(9)4-2/h7-8H,3-6H2,1-2H3,(H,11,12). The molecule has 2 rings (SSSR count). The van der Waals surface area contributed by atoms with Gasteiger partial charge in [-0.1, -0.05) is 18.7 Å². The number of aryl methyl sites for hydroxylation is 1. The van der Waals surface area contributed by atoms with Crippen molar-refractivity contribution in [3.05, 3.63) is 12.2 Å². The summed E-state index contributed by atoms with van der Waals surface area (Å²) >= 11 is 1.83. The Morgan fingerprint density at radius 1 is 1.56 bits per heavy atom. The predicted molar refractivity (Wildman–Crippen MR) is 66.5 cm³/mol. The van der Waals surface area contributed by atoms with Gasteiger partial charge in [0.05, 0.1) is 13.1 Å². The maximum Gasteiger partial charge on any atom is 0.157 e. The van der Waals surface area contributed by atoms with Crippen LogP contribution in [0.15, 0.2) is 11.3 Å². The van der Waals surface area contributed by atoms with Gasteiger partial charge in [0.25, 0.3) is 0 Å². The molecule has 1 N–H and O–H groups in total. The minimum absolute atomic E-state index is 0.645. The SMILES string of the molecule is CCC1CN=C(NCc2nncn2CC)S1. The highest BCUT2D eigenvalue weighted by atomic mass is 32.2. The van der Waals surface area contributed by atoms with Gasteiger partial charge in [0, 0.05) is 11.8 Å². The molecule has 88 valence electrons. The smallest absolute Gasteiger partial charge is 0.157 e. The van der Waals surface area contributed by atoms with Gasteiger partial charge in [0.15, 0.2) is 11.0 Å². The van der Waals surface area contributed by atoms with E-state index in [4.69, 9.17) is 0 Å². The van der Waals surface area contributed by atoms with Gasteiger partial charge in [-0.15, -0.1) is 10.2 Å². The molecular weight excluding hydrogens is 222 g/mol. The summed E-state index contributed by atoms with van der Waals surface area (Å²) in [5.41, 5.74) is 0. The Morgan fingerprint density at radius 3 is 3.12 bits per heavy atom. The van der Waals surface area contributed by atoms with Crippen molar-refractivity contribution < 1.29 is 0 Å². The van der Waals surface area contributed by atoms with Crippen LogP contribution in [-0.2, 0) is 13.1 Å². The number of thioether (sulfide) groups is 1. The van der Waals surface area contributed by atoms with Crippen molar-refractivity contribution in [2.45, 2.75) is 38.6 Å². The first kappa shape index (κ1) is 11.4. The fraction of sp³-hybridized carbons (Fsp3) is 0.700.